The molecule has 1 atom stereocenters. The molecule has 0 fully saturated rings. The second-order valence-electron chi connectivity index (χ2n) is 3.69. The van der Waals surface area contributed by atoms with Crippen LogP contribution in [0.1, 0.15) is 11.1 Å². The van der Waals surface area contributed by atoms with Gasteiger partial charge in [0.2, 0.25) is 0 Å². The monoisotopic (exact) mass is 209 g/mol. The summed E-state index contributed by atoms with van der Waals surface area (Å²) >= 11 is 0. The van der Waals surface area contributed by atoms with Crippen molar-refractivity contribution in [1.29, 1.82) is 0 Å². The Hall–Kier alpha value is -0.900. The molecule has 0 aliphatic heterocycles. The maximum Gasteiger partial charge on any atom is 0.0715 e. The molecular weight excluding hydrogens is 190 g/mol. The number of rotatable bonds is 6. The number of nitrogens with two attached hydrogens (primary N) is 1. The molecule has 1 aromatic carbocycles. The van der Waals surface area contributed by atoms with Crippen LogP contribution < -0.4 is 5.73 Å². The highest BCUT2D eigenvalue weighted by atomic mass is 16.5. The summed E-state index contributed by atoms with van der Waals surface area (Å²) in [6.45, 7) is 1.26. The average Bonchev–Trinajstić information content (AvgIpc) is 2.28. The zero-order chi connectivity index (χ0) is 11.1. The van der Waals surface area contributed by atoms with Gasteiger partial charge in [-0.15, -0.1) is 0 Å². The maximum atomic E-state index is 9.10. The molecule has 3 heteroatoms. The molecule has 3 nitrogen and oxygen atoms in total. The van der Waals surface area contributed by atoms with Crippen LogP contribution in [0.15, 0.2) is 24.3 Å². The van der Waals surface area contributed by atoms with Crippen LogP contribution in [0.5, 0.6) is 0 Å². The van der Waals surface area contributed by atoms with Crippen LogP contribution >= 0.6 is 0 Å². The van der Waals surface area contributed by atoms with Gasteiger partial charge in [-0.2, -0.15) is 0 Å². The summed E-state index contributed by atoms with van der Waals surface area (Å²) in [6, 6.07) is 8.10. The first-order valence-electron chi connectivity index (χ1n) is 5.18. The highest BCUT2D eigenvalue weighted by Gasteiger charge is 2.09. The molecule has 0 aromatic heterocycles. The van der Waals surface area contributed by atoms with Crippen LogP contribution in [0.3, 0.4) is 0 Å². The highest BCUT2D eigenvalue weighted by Crippen LogP contribution is 2.14. The predicted molar refractivity (Wildman–Crippen MR) is 60.5 cm³/mol. The molecule has 0 radical (unpaired) electrons. The van der Waals surface area contributed by atoms with Crippen LogP contribution in [-0.2, 0) is 17.8 Å². The Balaban J connectivity index is 2.73. The summed E-state index contributed by atoms with van der Waals surface area (Å²) in [5, 5.41) is 9.10. The molecule has 15 heavy (non-hydrogen) atoms. The van der Waals surface area contributed by atoms with E-state index in [1.165, 1.54) is 11.1 Å². The number of hydrogen-bond acceptors (Lipinski definition) is 3. The molecule has 1 aromatic rings. The minimum Gasteiger partial charge on any atom is -0.396 e. The normalized spacial score (nSPS) is 12.7. The maximum absolute atomic E-state index is 9.10. The molecule has 84 valence electrons. The lowest BCUT2D eigenvalue weighted by Crippen LogP contribution is -2.21. The van der Waals surface area contributed by atoms with Crippen molar-refractivity contribution < 1.29 is 9.84 Å². The molecule has 3 N–H and O–H groups in total. The fraction of sp³-hybridized carbons (Fsp3) is 0.500. The summed E-state index contributed by atoms with van der Waals surface area (Å²) in [4.78, 5) is 0. The van der Waals surface area contributed by atoms with Gasteiger partial charge in [0.1, 0.15) is 0 Å². The summed E-state index contributed by atoms with van der Waals surface area (Å²) < 4.78 is 5.12. The lowest BCUT2D eigenvalue weighted by atomic mass is 9.96. The number of methoxy groups -OCH3 is 1. The number of benzene rings is 1. The first-order valence-corrected chi connectivity index (χ1v) is 5.18. The Morgan fingerprint density at radius 2 is 2.00 bits per heavy atom. The van der Waals surface area contributed by atoms with Gasteiger partial charge < -0.3 is 15.6 Å². The zero-order valence-electron chi connectivity index (χ0n) is 9.15. The van der Waals surface area contributed by atoms with Crippen LogP contribution in [-0.4, -0.2) is 25.4 Å². The molecule has 0 amide bonds. The van der Waals surface area contributed by atoms with Crippen molar-refractivity contribution in [2.24, 2.45) is 11.7 Å². The van der Waals surface area contributed by atoms with Crippen LogP contribution in [0, 0.1) is 5.92 Å². The third-order valence-corrected chi connectivity index (χ3v) is 2.52. The second kappa shape index (κ2) is 6.56. The Bertz CT molecular complexity index is 285. The Morgan fingerprint density at radius 3 is 2.53 bits per heavy atom. The van der Waals surface area contributed by atoms with Gasteiger partial charge in [0.05, 0.1) is 6.61 Å². The SMILES string of the molecule is COCc1ccccc1CC(CN)CO. The van der Waals surface area contributed by atoms with Crippen LogP contribution in [0.25, 0.3) is 0 Å². The van der Waals surface area contributed by atoms with E-state index >= 15 is 0 Å². The number of aliphatic hydroxyl groups is 1. The summed E-state index contributed by atoms with van der Waals surface area (Å²) in [7, 11) is 1.68. The second-order valence-corrected chi connectivity index (χ2v) is 3.69. The van der Waals surface area contributed by atoms with Gasteiger partial charge in [-0.25, -0.2) is 0 Å². The minimum absolute atomic E-state index is 0.137. The van der Waals surface area contributed by atoms with Crippen molar-refractivity contribution in [2.75, 3.05) is 20.3 Å². The van der Waals surface area contributed by atoms with Crippen LogP contribution in [0.4, 0.5) is 0 Å². The van der Waals surface area contributed by atoms with Crippen molar-refractivity contribution in [2.45, 2.75) is 13.0 Å². The molecule has 0 saturated heterocycles. The third-order valence-electron chi connectivity index (χ3n) is 2.52. The van der Waals surface area contributed by atoms with E-state index in [1.54, 1.807) is 7.11 Å². The molecule has 0 aliphatic rings. The van der Waals surface area contributed by atoms with E-state index in [2.05, 4.69) is 6.07 Å². The van der Waals surface area contributed by atoms with Crippen molar-refractivity contribution in [3.8, 4) is 0 Å². The van der Waals surface area contributed by atoms with Crippen molar-refractivity contribution in [1.82, 2.24) is 0 Å². The molecule has 0 saturated carbocycles. The van der Waals surface area contributed by atoms with Crippen molar-refractivity contribution >= 4 is 0 Å². The van der Waals surface area contributed by atoms with Gasteiger partial charge in [-0.1, -0.05) is 24.3 Å². The summed E-state index contributed by atoms with van der Waals surface area (Å²) in [6.07, 6.45) is 0.812. The highest BCUT2D eigenvalue weighted by molar-refractivity contribution is 5.27. The van der Waals surface area contributed by atoms with E-state index in [4.69, 9.17) is 15.6 Å². The van der Waals surface area contributed by atoms with E-state index in [0.29, 0.717) is 13.2 Å². The van der Waals surface area contributed by atoms with Gasteiger partial charge in [0.15, 0.2) is 0 Å². The number of hydrogen-bond donors (Lipinski definition) is 2. The fourth-order valence-electron chi connectivity index (χ4n) is 1.59. The zero-order valence-corrected chi connectivity index (χ0v) is 9.15. The van der Waals surface area contributed by atoms with Crippen molar-refractivity contribution in [3.63, 3.8) is 0 Å². The molecule has 1 unspecified atom stereocenters. The first kappa shape index (κ1) is 12.2. The molecule has 0 bridgehead atoms. The van der Waals surface area contributed by atoms with Gasteiger partial charge in [0, 0.05) is 13.7 Å². The smallest absolute Gasteiger partial charge is 0.0715 e. The molecule has 1 rings (SSSR count). The predicted octanol–water partition coefficient (Wildman–Crippen LogP) is 0.943. The third kappa shape index (κ3) is 3.63. The van der Waals surface area contributed by atoms with E-state index in [0.717, 1.165) is 6.42 Å². The van der Waals surface area contributed by atoms with Gasteiger partial charge in [0.25, 0.3) is 0 Å². The molecular formula is C12H19NO2. The topological polar surface area (TPSA) is 55.5 Å². The van der Waals surface area contributed by atoms with E-state index in [-0.39, 0.29) is 12.5 Å². The van der Waals surface area contributed by atoms with Gasteiger partial charge >= 0.3 is 0 Å². The van der Waals surface area contributed by atoms with E-state index in [1.807, 2.05) is 18.2 Å². The Morgan fingerprint density at radius 1 is 1.33 bits per heavy atom. The lowest BCUT2D eigenvalue weighted by molar-refractivity contribution is 0.183. The van der Waals surface area contributed by atoms with Crippen LogP contribution in [0.2, 0.25) is 0 Å². The quantitative estimate of drug-likeness (QED) is 0.733. The van der Waals surface area contributed by atoms with Gasteiger partial charge in [-0.05, 0) is 30.0 Å². The Labute approximate surface area is 90.9 Å². The van der Waals surface area contributed by atoms with E-state index < -0.39 is 0 Å². The average molecular weight is 209 g/mol. The van der Waals surface area contributed by atoms with Gasteiger partial charge in [-0.3, -0.25) is 0 Å². The largest absolute Gasteiger partial charge is 0.396 e. The molecule has 0 heterocycles. The fourth-order valence-corrected chi connectivity index (χ4v) is 1.59. The lowest BCUT2D eigenvalue weighted by Gasteiger charge is -2.14. The van der Waals surface area contributed by atoms with E-state index in [9.17, 15) is 0 Å². The standard InChI is InChI=1S/C12H19NO2/c1-15-9-12-5-3-2-4-11(12)6-10(7-13)8-14/h2-5,10,14H,6-9,13H2,1H3. The molecule has 0 spiro atoms. The minimum atomic E-state index is 0.137. The number of aliphatic hydroxyl groups excluding tert-OH is 1. The van der Waals surface area contributed by atoms with Crippen molar-refractivity contribution in [3.05, 3.63) is 35.4 Å². The Kier molecular flexibility index (Phi) is 5.32. The molecule has 0 aliphatic carbocycles. The number of ether oxygens (including phenoxy) is 1. The first-order chi connectivity index (χ1) is 7.31. The summed E-state index contributed by atoms with van der Waals surface area (Å²) in [5.41, 5.74) is 7.95. The summed E-state index contributed by atoms with van der Waals surface area (Å²) in [5.74, 6) is 0.142.